The van der Waals surface area contributed by atoms with Crippen LogP contribution in [0, 0.1) is 22.7 Å². The van der Waals surface area contributed by atoms with Crippen molar-refractivity contribution in [2.75, 3.05) is 12.8 Å². The van der Waals surface area contributed by atoms with Gasteiger partial charge in [0.2, 0.25) is 0 Å². The molecule has 0 aliphatic heterocycles. The molecule has 3 rings (SSSR count). The molecule has 0 aromatic heterocycles. The van der Waals surface area contributed by atoms with Crippen molar-refractivity contribution in [1.29, 1.82) is 10.5 Å². The molecular weight excluding hydrogens is 338 g/mol. The van der Waals surface area contributed by atoms with Crippen LogP contribution < -0.4 is 5.73 Å². The van der Waals surface area contributed by atoms with Gasteiger partial charge in [-0.1, -0.05) is 60.7 Å². The van der Waals surface area contributed by atoms with Crippen LogP contribution >= 0.6 is 0 Å². The van der Waals surface area contributed by atoms with E-state index in [4.69, 9.17) is 10.5 Å². The highest BCUT2D eigenvalue weighted by Gasteiger charge is 2.28. The summed E-state index contributed by atoms with van der Waals surface area (Å²) < 4.78 is 4.93. The molecule has 0 amide bonds. The third-order valence-electron chi connectivity index (χ3n) is 4.28. The zero-order chi connectivity index (χ0) is 19.4. The second kappa shape index (κ2) is 7.43. The number of benzene rings is 3. The molecule has 27 heavy (non-hydrogen) atoms. The molecular formula is C22H15N3O2. The number of hydrogen-bond acceptors (Lipinski definition) is 5. The maximum absolute atomic E-state index is 12.6. The average Bonchev–Trinajstić information content (AvgIpc) is 2.73. The van der Waals surface area contributed by atoms with E-state index in [1.54, 1.807) is 0 Å². The molecule has 130 valence electrons. The predicted molar refractivity (Wildman–Crippen MR) is 102 cm³/mol. The normalized spacial score (nSPS) is 9.89. The van der Waals surface area contributed by atoms with Crippen LogP contribution in [0.25, 0.3) is 22.3 Å². The van der Waals surface area contributed by atoms with Gasteiger partial charge in [-0.15, -0.1) is 0 Å². The molecule has 5 nitrogen and oxygen atoms in total. The minimum absolute atomic E-state index is 0.0288. The molecule has 0 unspecified atom stereocenters. The van der Waals surface area contributed by atoms with Crippen LogP contribution in [0.3, 0.4) is 0 Å². The number of anilines is 1. The van der Waals surface area contributed by atoms with Crippen molar-refractivity contribution < 1.29 is 9.53 Å². The fourth-order valence-corrected chi connectivity index (χ4v) is 3.09. The van der Waals surface area contributed by atoms with E-state index in [0.717, 1.165) is 0 Å². The van der Waals surface area contributed by atoms with Crippen molar-refractivity contribution in [3.63, 3.8) is 0 Å². The van der Waals surface area contributed by atoms with E-state index in [9.17, 15) is 15.3 Å². The van der Waals surface area contributed by atoms with E-state index in [1.807, 2.05) is 66.7 Å². The number of rotatable bonds is 3. The van der Waals surface area contributed by atoms with E-state index < -0.39 is 5.97 Å². The lowest BCUT2D eigenvalue weighted by Gasteiger charge is -2.19. The Bertz CT molecular complexity index is 1090. The van der Waals surface area contributed by atoms with Gasteiger partial charge in [-0.3, -0.25) is 0 Å². The van der Waals surface area contributed by atoms with Crippen molar-refractivity contribution in [2.45, 2.75) is 0 Å². The molecule has 5 heteroatoms. The number of carbonyl (C=O) groups excluding carboxylic acids is 1. The number of esters is 1. The summed E-state index contributed by atoms with van der Waals surface area (Å²) >= 11 is 0. The Kier molecular flexibility index (Phi) is 4.88. The van der Waals surface area contributed by atoms with Crippen LogP contribution in [-0.4, -0.2) is 13.1 Å². The molecule has 0 aliphatic rings. The van der Waals surface area contributed by atoms with Gasteiger partial charge in [0.05, 0.1) is 29.5 Å². The topological polar surface area (TPSA) is 99.9 Å². The molecule has 0 radical (unpaired) electrons. The number of nitrogens with two attached hydrogens (primary N) is 1. The summed E-state index contributed by atoms with van der Waals surface area (Å²) in [7, 11) is 1.24. The minimum Gasteiger partial charge on any atom is -0.465 e. The lowest BCUT2D eigenvalue weighted by molar-refractivity contribution is 0.0601. The van der Waals surface area contributed by atoms with E-state index in [2.05, 4.69) is 6.07 Å². The Morgan fingerprint density at radius 3 is 1.78 bits per heavy atom. The maximum Gasteiger partial charge on any atom is 0.339 e. The first kappa shape index (κ1) is 17.7. The Morgan fingerprint density at radius 1 is 0.852 bits per heavy atom. The number of ether oxygens (including phenoxy) is 1. The summed E-state index contributed by atoms with van der Waals surface area (Å²) in [5, 5.41) is 19.4. The molecule has 2 N–H and O–H groups in total. The smallest absolute Gasteiger partial charge is 0.339 e. The van der Waals surface area contributed by atoms with Gasteiger partial charge in [0.1, 0.15) is 12.1 Å². The molecule has 0 saturated heterocycles. The van der Waals surface area contributed by atoms with Gasteiger partial charge >= 0.3 is 5.97 Å². The van der Waals surface area contributed by atoms with Crippen LogP contribution in [0.5, 0.6) is 0 Å². The number of nitrogen functional groups attached to an aromatic ring is 1. The minimum atomic E-state index is -0.682. The monoisotopic (exact) mass is 353 g/mol. The SMILES string of the molecule is COC(=O)c1c(C#N)c(N)c(C#N)c(-c2ccccc2)c1-c1ccccc1. The third-order valence-corrected chi connectivity index (χ3v) is 4.28. The summed E-state index contributed by atoms with van der Waals surface area (Å²) in [6, 6.07) is 22.3. The van der Waals surface area contributed by atoms with Crippen LogP contribution in [0.4, 0.5) is 5.69 Å². The molecule has 0 fully saturated rings. The second-order valence-corrected chi connectivity index (χ2v) is 5.74. The Morgan fingerprint density at radius 2 is 1.33 bits per heavy atom. The molecule has 3 aromatic carbocycles. The first-order valence-corrected chi connectivity index (χ1v) is 8.12. The Labute approximate surface area is 156 Å². The Hall–Kier alpha value is -4.09. The fourth-order valence-electron chi connectivity index (χ4n) is 3.09. The van der Waals surface area contributed by atoms with Gasteiger partial charge in [-0.25, -0.2) is 4.79 Å². The maximum atomic E-state index is 12.6. The first-order chi connectivity index (χ1) is 13.1. The van der Waals surface area contributed by atoms with Crippen LogP contribution in [0.15, 0.2) is 60.7 Å². The standard InChI is InChI=1S/C22H15N3O2/c1-27-22(26)20-17(13-24)21(25)16(12-23)18(14-8-4-2-5-9-14)19(20)15-10-6-3-7-11-15/h2-11H,25H2,1H3. The zero-order valence-corrected chi connectivity index (χ0v) is 14.6. The largest absolute Gasteiger partial charge is 0.465 e. The number of nitrogens with zero attached hydrogens (tertiary/aromatic N) is 2. The van der Waals surface area contributed by atoms with Crippen molar-refractivity contribution in [2.24, 2.45) is 0 Å². The molecule has 0 saturated carbocycles. The molecule has 0 atom stereocenters. The van der Waals surface area contributed by atoms with E-state index >= 15 is 0 Å². The van der Waals surface area contributed by atoms with Gasteiger partial charge in [-0.2, -0.15) is 10.5 Å². The van der Waals surface area contributed by atoms with Gasteiger partial charge in [-0.05, 0) is 11.1 Å². The predicted octanol–water partition coefficient (Wildman–Crippen LogP) is 4.13. The summed E-state index contributed by atoms with van der Waals surface area (Å²) in [6.07, 6.45) is 0. The van der Waals surface area contributed by atoms with Crippen molar-refractivity contribution >= 4 is 11.7 Å². The first-order valence-electron chi connectivity index (χ1n) is 8.12. The molecule has 0 bridgehead atoms. The van der Waals surface area contributed by atoms with Gasteiger partial charge in [0.25, 0.3) is 0 Å². The highest BCUT2D eigenvalue weighted by molar-refractivity contribution is 6.08. The Balaban J connectivity index is 2.60. The van der Waals surface area contributed by atoms with E-state index in [1.165, 1.54) is 7.11 Å². The van der Waals surface area contributed by atoms with Crippen LogP contribution in [-0.2, 0) is 4.74 Å². The lowest BCUT2D eigenvalue weighted by atomic mass is 9.83. The highest BCUT2D eigenvalue weighted by atomic mass is 16.5. The summed E-state index contributed by atoms with van der Waals surface area (Å²) in [4.78, 5) is 12.6. The summed E-state index contributed by atoms with van der Waals surface area (Å²) in [6.45, 7) is 0. The van der Waals surface area contributed by atoms with Crippen molar-refractivity contribution in [3.8, 4) is 34.4 Å². The van der Waals surface area contributed by atoms with Crippen LogP contribution in [0.1, 0.15) is 21.5 Å². The third kappa shape index (κ3) is 2.99. The molecule has 0 heterocycles. The number of methoxy groups -OCH3 is 1. The van der Waals surface area contributed by atoms with Crippen molar-refractivity contribution in [1.82, 2.24) is 0 Å². The highest BCUT2D eigenvalue weighted by Crippen LogP contribution is 2.42. The molecule has 0 spiro atoms. The summed E-state index contributed by atoms with van der Waals surface area (Å²) in [5.74, 6) is -0.682. The average molecular weight is 353 g/mol. The fraction of sp³-hybridized carbons (Fsp3) is 0.0455. The van der Waals surface area contributed by atoms with Crippen LogP contribution in [0.2, 0.25) is 0 Å². The molecule has 0 aliphatic carbocycles. The zero-order valence-electron chi connectivity index (χ0n) is 14.6. The number of hydrogen-bond donors (Lipinski definition) is 1. The number of carbonyl (C=O) groups is 1. The molecule has 3 aromatic rings. The van der Waals surface area contributed by atoms with Gasteiger partial charge in [0.15, 0.2) is 0 Å². The van der Waals surface area contributed by atoms with Gasteiger partial charge in [0, 0.05) is 11.1 Å². The number of nitriles is 2. The lowest BCUT2D eigenvalue weighted by Crippen LogP contribution is -2.12. The second-order valence-electron chi connectivity index (χ2n) is 5.74. The van der Waals surface area contributed by atoms with Crippen molar-refractivity contribution in [3.05, 3.63) is 77.4 Å². The van der Waals surface area contributed by atoms with Gasteiger partial charge < -0.3 is 10.5 Å². The quantitative estimate of drug-likeness (QED) is 0.563. The van der Waals surface area contributed by atoms with E-state index in [0.29, 0.717) is 22.3 Å². The van der Waals surface area contributed by atoms with E-state index in [-0.39, 0.29) is 22.4 Å². The summed E-state index contributed by atoms with van der Waals surface area (Å²) in [5.41, 5.74) is 8.61.